The Bertz CT molecular complexity index is 996. The summed E-state index contributed by atoms with van der Waals surface area (Å²) >= 11 is 1.32. The molecule has 0 spiro atoms. The highest BCUT2D eigenvalue weighted by atomic mass is 32.1. The molecule has 0 aliphatic carbocycles. The summed E-state index contributed by atoms with van der Waals surface area (Å²) in [6, 6.07) is 11.4. The average Bonchev–Trinajstić information content (AvgIpc) is 2.60. The smallest absolute Gasteiger partial charge is 0.282 e. The highest BCUT2D eigenvalue weighted by Gasteiger charge is 2.22. The van der Waals surface area contributed by atoms with Crippen LogP contribution in [-0.4, -0.2) is 19.1 Å². The number of ether oxygens (including phenoxy) is 2. The van der Waals surface area contributed by atoms with Gasteiger partial charge in [-0.2, -0.15) is 0 Å². The van der Waals surface area contributed by atoms with Crippen molar-refractivity contribution in [2.24, 2.45) is 0 Å². The predicted octanol–water partition coefficient (Wildman–Crippen LogP) is 3.85. The van der Waals surface area contributed by atoms with E-state index < -0.39 is 4.92 Å². The van der Waals surface area contributed by atoms with Crippen molar-refractivity contribution in [3.8, 4) is 21.9 Å². The number of methoxy groups -OCH3 is 2. The first-order valence-corrected chi connectivity index (χ1v) is 7.80. The quantitative estimate of drug-likeness (QED) is 0.531. The molecular formula is C17H13NO5S. The van der Waals surface area contributed by atoms with Crippen molar-refractivity contribution < 1.29 is 14.4 Å². The zero-order chi connectivity index (χ0) is 17.3. The molecular weight excluding hydrogens is 330 g/mol. The van der Waals surface area contributed by atoms with E-state index in [-0.39, 0.29) is 16.9 Å². The molecule has 0 unspecified atom stereocenters. The summed E-state index contributed by atoms with van der Waals surface area (Å²) in [7, 11) is 2.87. The van der Waals surface area contributed by atoms with Crippen LogP contribution in [0.15, 0.2) is 47.3 Å². The fourth-order valence-corrected chi connectivity index (χ4v) is 3.55. The van der Waals surface area contributed by atoms with Gasteiger partial charge >= 0.3 is 0 Å². The monoisotopic (exact) mass is 343 g/mol. The van der Waals surface area contributed by atoms with E-state index in [2.05, 4.69) is 0 Å². The van der Waals surface area contributed by atoms with Crippen LogP contribution in [0.1, 0.15) is 0 Å². The molecule has 1 heterocycles. The number of benzene rings is 2. The van der Waals surface area contributed by atoms with Gasteiger partial charge in [0.2, 0.25) is 0 Å². The third-order valence-corrected chi connectivity index (χ3v) is 4.73. The van der Waals surface area contributed by atoms with Gasteiger partial charge in [-0.15, -0.1) is 11.3 Å². The Morgan fingerprint density at radius 1 is 1.04 bits per heavy atom. The number of nitro benzene ring substituents is 1. The maximum atomic E-state index is 12.3. The van der Waals surface area contributed by atoms with Gasteiger partial charge < -0.3 is 9.47 Å². The molecule has 0 radical (unpaired) electrons. The Labute approximate surface area is 141 Å². The Balaban J connectivity index is 2.32. The molecule has 0 aliphatic rings. The first-order chi connectivity index (χ1) is 11.5. The Morgan fingerprint density at radius 2 is 1.71 bits per heavy atom. The van der Waals surface area contributed by atoms with E-state index in [1.807, 2.05) is 12.1 Å². The number of hydrogen-bond donors (Lipinski definition) is 0. The molecule has 3 aromatic rings. The summed E-state index contributed by atoms with van der Waals surface area (Å²) in [5.41, 5.74) is 0.00696. The summed E-state index contributed by atoms with van der Waals surface area (Å²) in [5.74, 6) is 0.631. The molecule has 0 saturated carbocycles. The zero-order valence-corrected chi connectivity index (χ0v) is 13.8. The average molecular weight is 343 g/mol. The van der Waals surface area contributed by atoms with Gasteiger partial charge in [-0.25, -0.2) is 0 Å². The molecule has 6 nitrogen and oxygen atoms in total. The maximum Gasteiger partial charge on any atom is 0.282 e. The summed E-state index contributed by atoms with van der Waals surface area (Å²) < 4.78 is 11.1. The van der Waals surface area contributed by atoms with Gasteiger partial charge in [-0.05, 0) is 18.2 Å². The highest BCUT2D eigenvalue weighted by molar-refractivity contribution is 7.21. The third kappa shape index (κ3) is 2.69. The van der Waals surface area contributed by atoms with Gasteiger partial charge in [-0.3, -0.25) is 14.9 Å². The Kier molecular flexibility index (Phi) is 4.18. The number of fused-ring (bicyclic) bond motifs is 1. The van der Waals surface area contributed by atoms with Crippen LogP contribution in [0.2, 0.25) is 0 Å². The first kappa shape index (κ1) is 15.9. The zero-order valence-electron chi connectivity index (χ0n) is 12.9. The van der Waals surface area contributed by atoms with Gasteiger partial charge in [0.05, 0.1) is 30.8 Å². The lowest BCUT2D eigenvalue weighted by Crippen LogP contribution is -2.01. The lowest BCUT2D eigenvalue weighted by molar-refractivity contribution is -0.384. The molecule has 24 heavy (non-hydrogen) atoms. The largest absolute Gasteiger partial charge is 0.493 e. The first-order valence-electron chi connectivity index (χ1n) is 6.99. The van der Waals surface area contributed by atoms with Crippen LogP contribution < -0.4 is 14.9 Å². The summed E-state index contributed by atoms with van der Waals surface area (Å²) in [4.78, 5) is 23.8. The molecule has 0 fully saturated rings. The molecule has 122 valence electrons. The summed E-state index contributed by atoms with van der Waals surface area (Å²) in [6.45, 7) is 0. The fourth-order valence-electron chi connectivity index (χ4n) is 2.45. The van der Waals surface area contributed by atoms with Crippen molar-refractivity contribution in [2.45, 2.75) is 0 Å². The van der Waals surface area contributed by atoms with E-state index in [9.17, 15) is 14.9 Å². The van der Waals surface area contributed by atoms with E-state index in [1.165, 1.54) is 43.8 Å². The fraction of sp³-hybridized carbons (Fsp3) is 0.118. The van der Waals surface area contributed by atoms with Gasteiger partial charge in [-0.1, -0.05) is 12.1 Å². The predicted molar refractivity (Wildman–Crippen MR) is 93.3 cm³/mol. The molecule has 0 amide bonds. The molecule has 0 bridgehead atoms. The SMILES string of the molecule is COc1cc(-c2cc(=O)c3ccccc3s2)c([N+](=O)[O-])cc1OC. The van der Waals surface area contributed by atoms with Gasteiger partial charge in [0.15, 0.2) is 16.9 Å². The van der Waals surface area contributed by atoms with E-state index in [0.29, 0.717) is 21.6 Å². The van der Waals surface area contributed by atoms with Gasteiger partial charge in [0.1, 0.15) is 0 Å². The third-order valence-electron chi connectivity index (χ3n) is 3.60. The Morgan fingerprint density at radius 3 is 2.38 bits per heavy atom. The molecule has 0 saturated heterocycles. The number of rotatable bonds is 4. The van der Waals surface area contributed by atoms with E-state index in [1.54, 1.807) is 12.1 Å². The van der Waals surface area contributed by atoms with Crippen LogP contribution in [0.5, 0.6) is 11.5 Å². The molecule has 0 N–H and O–H groups in total. The molecule has 3 rings (SSSR count). The maximum absolute atomic E-state index is 12.3. The van der Waals surface area contributed by atoms with Crippen LogP contribution in [0.3, 0.4) is 0 Å². The highest BCUT2D eigenvalue weighted by Crippen LogP contribution is 2.41. The molecule has 2 aromatic carbocycles. The molecule has 7 heteroatoms. The minimum Gasteiger partial charge on any atom is -0.493 e. The van der Waals surface area contributed by atoms with Crippen molar-refractivity contribution in [1.82, 2.24) is 0 Å². The lowest BCUT2D eigenvalue weighted by Gasteiger charge is -2.10. The number of hydrogen-bond acceptors (Lipinski definition) is 6. The minimum atomic E-state index is -0.496. The summed E-state index contributed by atoms with van der Waals surface area (Å²) in [5, 5.41) is 12.0. The topological polar surface area (TPSA) is 78.7 Å². The van der Waals surface area contributed by atoms with Gasteiger partial charge in [0, 0.05) is 21.0 Å². The van der Waals surface area contributed by atoms with Gasteiger partial charge in [0.25, 0.3) is 5.69 Å². The van der Waals surface area contributed by atoms with E-state index >= 15 is 0 Å². The second kappa shape index (κ2) is 6.29. The molecule has 1 aromatic heterocycles. The second-order valence-corrected chi connectivity index (χ2v) is 6.04. The molecule has 0 atom stereocenters. The van der Waals surface area contributed by atoms with Crippen molar-refractivity contribution in [1.29, 1.82) is 0 Å². The number of nitro groups is 1. The van der Waals surface area contributed by atoms with Crippen molar-refractivity contribution in [3.63, 3.8) is 0 Å². The molecule has 0 aliphatic heterocycles. The Hall–Kier alpha value is -2.93. The van der Waals surface area contributed by atoms with Crippen molar-refractivity contribution in [2.75, 3.05) is 14.2 Å². The summed E-state index contributed by atoms with van der Waals surface area (Å²) in [6.07, 6.45) is 0. The lowest BCUT2D eigenvalue weighted by atomic mass is 10.1. The van der Waals surface area contributed by atoms with Crippen LogP contribution in [0, 0.1) is 10.1 Å². The van der Waals surface area contributed by atoms with Crippen molar-refractivity contribution in [3.05, 3.63) is 62.8 Å². The standard InChI is InChI=1S/C17H13NO5S/c1-22-14-7-11(12(18(20)21)8-15(14)23-2)17-9-13(19)10-5-3-4-6-16(10)24-17/h3-9H,1-2H3. The second-order valence-electron chi connectivity index (χ2n) is 4.95. The van der Waals surface area contributed by atoms with Crippen LogP contribution in [0.25, 0.3) is 20.5 Å². The van der Waals surface area contributed by atoms with E-state index in [4.69, 9.17) is 9.47 Å². The minimum absolute atomic E-state index is 0.140. The van der Waals surface area contributed by atoms with Crippen LogP contribution in [-0.2, 0) is 0 Å². The normalized spacial score (nSPS) is 10.6. The van der Waals surface area contributed by atoms with E-state index in [0.717, 1.165) is 4.70 Å². The van der Waals surface area contributed by atoms with Crippen LogP contribution >= 0.6 is 11.3 Å². The number of nitrogens with zero attached hydrogens (tertiary/aromatic N) is 1. The van der Waals surface area contributed by atoms with Crippen LogP contribution in [0.4, 0.5) is 5.69 Å². The van der Waals surface area contributed by atoms with Crippen molar-refractivity contribution >= 4 is 27.1 Å².